The van der Waals surface area contributed by atoms with Gasteiger partial charge in [0.25, 0.3) is 0 Å². The average molecular weight is 434 g/mol. The summed E-state index contributed by atoms with van der Waals surface area (Å²) in [5.74, 6) is 0.781. The summed E-state index contributed by atoms with van der Waals surface area (Å²) in [5, 5.41) is 0. The molecule has 2 heterocycles. The summed E-state index contributed by atoms with van der Waals surface area (Å²) in [6.07, 6.45) is 7.74. The first kappa shape index (κ1) is 22.4. The number of rotatable bonds is 10. The number of likely N-dealkylation sites (tertiary alicyclic amines) is 1. The van der Waals surface area contributed by atoms with Gasteiger partial charge in [-0.2, -0.15) is 0 Å². The van der Waals surface area contributed by atoms with Gasteiger partial charge in [0.2, 0.25) is 0 Å². The number of piperidine rings is 1. The quantitative estimate of drug-likeness (QED) is 0.356. The van der Waals surface area contributed by atoms with Crippen LogP contribution in [0.15, 0.2) is 73.1 Å². The molecule has 1 fully saturated rings. The molecule has 1 unspecified atom stereocenters. The number of ether oxygens (including phenoxy) is 2. The highest BCUT2D eigenvalue weighted by Gasteiger charge is 2.25. The van der Waals surface area contributed by atoms with Crippen molar-refractivity contribution in [2.24, 2.45) is 0 Å². The number of nitrogen functional groups attached to an aromatic ring is 1. The van der Waals surface area contributed by atoms with Gasteiger partial charge in [0.15, 0.2) is 0 Å². The molecule has 1 atom stereocenters. The first-order chi connectivity index (χ1) is 15.7. The van der Waals surface area contributed by atoms with Crippen LogP contribution < -0.4 is 10.5 Å². The molecule has 0 spiro atoms. The highest BCUT2D eigenvalue weighted by Crippen LogP contribution is 2.30. The third-order valence-corrected chi connectivity index (χ3v) is 6.20. The Morgan fingerprint density at radius 3 is 2.44 bits per heavy atom. The van der Waals surface area contributed by atoms with Gasteiger partial charge in [-0.1, -0.05) is 42.5 Å². The van der Waals surface area contributed by atoms with Crippen LogP contribution in [0.4, 0.5) is 5.69 Å². The largest absolute Gasteiger partial charge is 0.491 e. The van der Waals surface area contributed by atoms with E-state index in [-0.39, 0.29) is 12.2 Å². The number of aryl methyl sites for hydroxylation is 1. The summed E-state index contributed by atoms with van der Waals surface area (Å²) in [6.45, 7) is 7.00. The molecule has 0 saturated carbocycles. The second-order valence-corrected chi connectivity index (χ2v) is 8.48. The summed E-state index contributed by atoms with van der Waals surface area (Å²) in [6, 6.07) is 20.5. The van der Waals surface area contributed by atoms with Crippen molar-refractivity contribution in [2.75, 3.05) is 32.0 Å². The first-order valence-corrected chi connectivity index (χ1v) is 11.8. The highest BCUT2D eigenvalue weighted by molar-refractivity contribution is 5.51. The van der Waals surface area contributed by atoms with E-state index in [0.29, 0.717) is 12.3 Å². The fraction of sp³-hybridized carbons (Fsp3) is 0.407. The molecular weight excluding hydrogens is 398 g/mol. The molecule has 170 valence electrons. The van der Waals surface area contributed by atoms with Crippen LogP contribution in [-0.2, 0) is 11.3 Å². The van der Waals surface area contributed by atoms with Crippen molar-refractivity contribution in [2.45, 2.75) is 44.9 Å². The molecule has 1 aliphatic heterocycles. The second-order valence-electron chi connectivity index (χ2n) is 8.48. The smallest absolute Gasteiger partial charge is 0.142 e. The van der Waals surface area contributed by atoms with E-state index in [1.54, 1.807) is 0 Å². The van der Waals surface area contributed by atoms with Gasteiger partial charge in [-0.15, -0.1) is 0 Å². The van der Waals surface area contributed by atoms with E-state index < -0.39 is 0 Å². The molecule has 32 heavy (non-hydrogen) atoms. The molecular formula is C27H35N3O2. The number of aromatic nitrogens is 1. The topological polar surface area (TPSA) is 52.6 Å². The number of anilines is 1. The molecule has 2 N–H and O–H groups in total. The number of nitrogens with zero attached hydrogens (tertiary/aromatic N) is 2. The van der Waals surface area contributed by atoms with Crippen molar-refractivity contribution < 1.29 is 9.47 Å². The van der Waals surface area contributed by atoms with Crippen molar-refractivity contribution in [3.05, 3.63) is 84.2 Å². The summed E-state index contributed by atoms with van der Waals surface area (Å²) in [7, 11) is 0. The van der Waals surface area contributed by atoms with Gasteiger partial charge in [0.1, 0.15) is 11.9 Å². The third-order valence-electron chi connectivity index (χ3n) is 6.20. The van der Waals surface area contributed by atoms with Gasteiger partial charge in [-0.3, -0.25) is 0 Å². The van der Waals surface area contributed by atoms with Crippen LogP contribution in [0.5, 0.6) is 5.75 Å². The van der Waals surface area contributed by atoms with E-state index in [1.807, 2.05) is 24.3 Å². The molecule has 5 nitrogen and oxygen atoms in total. The Bertz CT molecular complexity index is 948. The summed E-state index contributed by atoms with van der Waals surface area (Å²) >= 11 is 0. The fourth-order valence-corrected chi connectivity index (χ4v) is 4.33. The van der Waals surface area contributed by atoms with Crippen LogP contribution in [-0.4, -0.2) is 41.8 Å². The lowest BCUT2D eigenvalue weighted by Crippen LogP contribution is -2.38. The minimum absolute atomic E-state index is 0.00900. The fourth-order valence-electron chi connectivity index (χ4n) is 4.33. The minimum Gasteiger partial charge on any atom is -0.491 e. The molecule has 4 rings (SSSR count). The Morgan fingerprint density at radius 1 is 0.969 bits per heavy atom. The van der Waals surface area contributed by atoms with Gasteiger partial charge in [-0.05, 0) is 49.9 Å². The van der Waals surface area contributed by atoms with Crippen LogP contribution in [0.3, 0.4) is 0 Å². The van der Waals surface area contributed by atoms with Gasteiger partial charge < -0.3 is 24.7 Å². The lowest BCUT2D eigenvalue weighted by atomic mass is 10.0. The maximum absolute atomic E-state index is 6.69. The van der Waals surface area contributed by atoms with Crippen molar-refractivity contribution in [1.29, 1.82) is 0 Å². The Kier molecular flexibility index (Phi) is 7.86. The van der Waals surface area contributed by atoms with E-state index in [1.165, 1.54) is 11.1 Å². The Morgan fingerprint density at radius 2 is 1.72 bits per heavy atom. The van der Waals surface area contributed by atoms with E-state index in [0.717, 1.165) is 51.2 Å². The SMILES string of the molecule is CCn1ccc(C(OC2CCN(CCCOc3ccccc3N)CC2)c2ccccc2)c1. The number of benzene rings is 2. The molecule has 0 aliphatic carbocycles. The van der Waals surface area contributed by atoms with Crippen LogP contribution in [0.25, 0.3) is 0 Å². The normalized spacial score (nSPS) is 16.2. The van der Waals surface area contributed by atoms with Crippen molar-refractivity contribution in [1.82, 2.24) is 9.47 Å². The van der Waals surface area contributed by atoms with Crippen molar-refractivity contribution in [3.8, 4) is 5.75 Å². The zero-order valence-corrected chi connectivity index (χ0v) is 19.0. The molecule has 3 aromatic rings. The lowest BCUT2D eigenvalue weighted by molar-refractivity contribution is -0.0273. The Balaban J connectivity index is 1.26. The molecule has 0 bridgehead atoms. The van der Waals surface area contributed by atoms with Crippen LogP contribution in [0, 0.1) is 0 Å². The van der Waals surface area contributed by atoms with E-state index >= 15 is 0 Å². The van der Waals surface area contributed by atoms with E-state index in [4.69, 9.17) is 15.2 Å². The predicted octanol–water partition coefficient (Wildman–Crippen LogP) is 5.13. The zero-order chi connectivity index (χ0) is 22.2. The minimum atomic E-state index is -0.00900. The number of nitrogens with two attached hydrogens (primary N) is 1. The Hall–Kier alpha value is -2.76. The molecule has 0 radical (unpaired) electrons. The van der Waals surface area contributed by atoms with Crippen LogP contribution in [0.2, 0.25) is 0 Å². The number of hydrogen-bond acceptors (Lipinski definition) is 4. The van der Waals surface area contributed by atoms with Crippen LogP contribution in [0.1, 0.15) is 43.4 Å². The molecule has 1 aliphatic rings. The van der Waals surface area contributed by atoms with Crippen molar-refractivity contribution in [3.63, 3.8) is 0 Å². The summed E-state index contributed by atoms with van der Waals surface area (Å²) in [4.78, 5) is 2.52. The summed E-state index contributed by atoms with van der Waals surface area (Å²) < 4.78 is 14.7. The second kappa shape index (κ2) is 11.2. The molecule has 1 saturated heterocycles. The van der Waals surface area contributed by atoms with Gasteiger partial charge in [0.05, 0.1) is 18.4 Å². The van der Waals surface area contributed by atoms with Gasteiger partial charge >= 0.3 is 0 Å². The van der Waals surface area contributed by atoms with Crippen LogP contribution >= 0.6 is 0 Å². The average Bonchev–Trinajstić information content (AvgIpc) is 3.32. The molecule has 0 amide bonds. The zero-order valence-electron chi connectivity index (χ0n) is 19.0. The van der Waals surface area contributed by atoms with Gasteiger partial charge in [-0.25, -0.2) is 0 Å². The lowest BCUT2D eigenvalue weighted by Gasteiger charge is -2.34. The number of para-hydroxylation sites is 2. The maximum Gasteiger partial charge on any atom is 0.142 e. The third kappa shape index (κ3) is 5.93. The Labute approximate surface area is 191 Å². The predicted molar refractivity (Wildman–Crippen MR) is 130 cm³/mol. The first-order valence-electron chi connectivity index (χ1n) is 11.8. The highest BCUT2D eigenvalue weighted by atomic mass is 16.5. The van der Waals surface area contributed by atoms with Gasteiger partial charge in [0, 0.05) is 44.1 Å². The monoisotopic (exact) mass is 433 g/mol. The van der Waals surface area contributed by atoms with E-state index in [9.17, 15) is 0 Å². The number of hydrogen-bond donors (Lipinski definition) is 1. The van der Waals surface area contributed by atoms with Crippen molar-refractivity contribution >= 4 is 5.69 Å². The summed E-state index contributed by atoms with van der Waals surface area (Å²) in [5.41, 5.74) is 9.10. The molecule has 1 aromatic heterocycles. The standard InChI is InChI=1S/C27H35N3O2/c1-2-29-17-13-23(21-29)27(22-9-4-3-5-10-22)32-24-14-18-30(19-15-24)16-8-20-31-26-12-7-6-11-25(26)28/h3-7,9-13,17,21,24,27H,2,8,14-16,18-20,28H2,1H3. The molecule has 5 heteroatoms. The molecule has 2 aromatic carbocycles. The van der Waals surface area contributed by atoms with E-state index in [2.05, 4.69) is 65.2 Å². The maximum atomic E-state index is 6.69.